The van der Waals surface area contributed by atoms with E-state index in [0.717, 1.165) is 34.8 Å². The monoisotopic (exact) mass is 408 g/mol. The van der Waals surface area contributed by atoms with E-state index in [1.165, 1.54) is 15.6 Å². The van der Waals surface area contributed by atoms with E-state index in [1.807, 2.05) is 32.4 Å². The van der Waals surface area contributed by atoms with Crippen LogP contribution in [0.25, 0.3) is 11.3 Å². The molecule has 0 atom stereocenters. The number of aromatic nitrogens is 3. The third-order valence-corrected chi connectivity index (χ3v) is 7.93. The van der Waals surface area contributed by atoms with Crippen molar-refractivity contribution in [3.63, 3.8) is 0 Å². The first kappa shape index (κ1) is 19.8. The standard InChI is InChI=1S/C18H24N4O3S2/c1-6-22-14(4)16(13(3)19-22)7-8-21(5)27(23,24)18-10-15(11-26-18)17-9-12(2)20-25-17/h9-11H,6-8H2,1-5H3. The number of likely N-dealkylation sites (N-methyl/N-ethyl adjacent to an activating group) is 1. The molecule has 0 spiro atoms. The van der Waals surface area contributed by atoms with Crippen molar-refractivity contribution in [2.75, 3.05) is 13.6 Å². The maximum atomic E-state index is 12.9. The number of sulfonamides is 1. The van der Waals surface area contributed by atoms with Gasteiger partial charge in [0.05, 0.1) is 11.4 Å². The van der Waals surface area contributed by atoms with E-state index >= 15 is 0 Å². The molecule has 9 heteroatoms. The van der Waals surface area contributed by atoms with Crippen molar-refractivity contribution in [2.24, 2.45) is 0 Å². The van der Waals surface area contributed by atoms with Gasteiger partial charge in [0.1, 0.15) is 4.21 Å². The van der Waals surface area contributed by atoms with Gasteiger partial charge in [0.2, 0.25) is 0 Å². The Morgan fingerprint density at radius 3 is 2.59 bits per heavy atom. The molecule has 3 aromatic heterocycles. The predicted molar refractivity (Wildman–Crippen MR) is 105 cm³/mol. The molecule has 7 nitrogen and oxygen atoms in total. The Morgan fingerprint density at radius 2 is 2.00 bits per heavy atom. The highest BCUT2D eigenvalue weighted by Gasteiger charge is 2.24. The van der Waals surface area contributed by atoms with Crippen LogP contribution < -0.4 is 0 Å². The molecule has 0 bridgehead atoms. The van der Waals surface area contributed by atoms with Gasteiger partial charge in [-0.2, -0.15) is 9.40 Å². The maximum Gasteiger partial charge on any atom is 0.252 e. The Balaban J connectivity index is 1.75. The maximum absolute atomic E-state index is 12.9. The van der Waals surface area contributed by atoms with Crippen LogP contribution in [0.3, 0.4) is 0 Å². The lowest BCUT2D eigenvalue weighted by Gasteiger charge is -2.16. The van der Waals surface area contributed by atoms with Gasteiger partial charge in [0.15, 0.2) is 5.76 Å². The quantitative estimate of drug-likeness (QED) is 0.598. The van der Waals surface area contributed by atoms with Gasteiger partial charge in [-0.15, -0.1) is 11.3 Å². The minimum Gasteiger partial charge on any atom is -0.356 e. The molecule has 0 aliphatic heterocycles. The van der Waals surface area contributed by atoms with E-state index in [-0.39, 0.29) is 0 Å². The third kappa shape index (κ3) is 3.85. The van der Waals surface area contributed by atoms with E-state index < -0.39 is 10.0 Å². The lowest BCUT2D eigenvalue weighted by atomic mass is 10.1. The van der Waals surface area contributed by atoms with Gasteiger partial charge in [-0.25, -0.2) is 8.42 Å². The van der Waals surface area contributed by atoms with Gasteiger partial charge in [-0.1, -0.05) is 5.16 Å². The minimum atomic E-state index is -3.55. The van der Waals surface area contributed by atoms with Crippen molar-refractivity contribution in [3.05, 3.63) is 40.2 Å². The normalized spacial score (nSPS) is 12.2. The largest absolute Gasteiger partial charge is 0.356 e. The number of hydrogen-bond acceptors (Lipinski definition) is 6. The summed E-state index contributed by atoms with van der Waals surface area (Å²) in [5, 5.41) is 10.1. The Kier molecular flexibility index (Phi) is 5.55. The second kappa shape index (κ2) is 7.57. The molecular formula is C18H24N4O3S2. The molecule has 27 heavy (non-hydrogen) atoms. The van der Waals surface area contributed by atoms with Crippen LogP contribution in [0.4, 0.5) is 0 Å². The van der Waals surface area contributed by atoms with Crippen molar-refractivity contribution in [1.29, 1.82) is 0 Å². The fourth-order valence-corrected chi connectivity index (χ4v) is 5.58. The van der Waals surface area contributed by atoms with E-state index in [4.69, 9.17) is 4.52 Å². The van der Waals surface area contributed by atoms with Gasteiger partial charge in [-0.05, 0) is 45.7 Å². The Morgan fingerprint density at radius 1 is 1.26 bits per heavy atom. The van der Waals surface area contributed by atoms with Crippen LogP contribution in [-0.4, -0.2) is 41.3 Å². The van der Waals surface area contributed by atoms with Gasteiger partial charge < -0.3 is 4.52 Å². The summed E-state index contributed by atoms with van der Waals surface area (Å²) in [6, 6.07) is 3.43. The van der Waals surface area contributed by atoms with E-state index in [2.05, 4.69) is 10.3 Å². The van der Waals surface area contributed by atoms with E-state index in [9.17, 15) is 8.42 Å². The molecule has 0 aliphatic rings. The second-order valence-electron chi connectivity index (χ2n) is 6.53. The number of rotatable bonds is 7. The fraction of sp³-hybridized carbons (Fsp3) is 0.444. The molecule has 0 fully saturated rings. The molecule has 0 radical (unpaired) electrons. The van der Waals surface area contributed by atoms with Gasteiger partial charge in [0, 0.05) is 42.8 Å². The summed E-state index contributed by atoms with van der Waals surface area (Å²) >= 11 is 1.19. The first-order valence-corrected chi connectivity index (χ1v) is 11.1. The van der Waals surface area contributed by atoms with Crippen LogP contribution in [0.1, 0.15) is 29.6 Å². The Labute approximate surface area is 163 Å². The van der Waals surface area contributed by atoms with Gasteiger partial charge in [-0.3, -0.25) is 4.68 Å². The molecule has 3 aromatic rings. The van der Waals surface area contributed by atoms with Crippen LogP contribution in [0.5, 0.6) is 0 Å². The molecule has 0 aromatic carbocycles. The number of thiophene rings is 1. The van der Waals surface area contributed by atoms with Crippen LogP contribution in [0.15, 0.2) is 26.2 Å². The highest BCUT2D eigenvalue weighted by atomic mass is 32.2. The summed E-state index contributed by atoms with van der Waals surface area (Å²) in [6.07, 6.45) is 0.632. The molecule has 0 unspecified atom stereocenters. The SMILES string of the molecule is CCn1nc(C)c(CCN(C)S(=O)(=O)c2cc(-c3cc(C)no3)cs2)c1C. The highest BCUT2D eigenvalue weighted by Crippen LogP contribution is 2.30. The topological polar surface area (TPSA) is 81.2 Å². The third-order valence-electron chi connectivity index (χ3n) is 4.66. The predicted octanol–water partition coefficient (Wildman–Crippen LogP) is 3.41. The summed E-state index contributed by atoms with van der Waals surface area (Å²) in [5.74, 6) is 0.575. The summed E-state index contributed by atoms with van der Waals surface area (Å²) in [7, 11) is -1.94. The summed E-state index contributed by atoms with van der Waals surface area (Å²) in [4.78, 5) is 0. The molecule has 0 amide bonds. The zero-order valence-electron chi connectivity index (χ0n) is 16.2. The number of nitrogens with zero attached hydrogens (tertiary/aromatic N) is 4. The van der Waals surface area contributed by atoms with Gasteiger partial charge >= 0.3 is 0 Å². The summed E-state index contributed by atoms with van der Waals surface area (Å²) in [6.45, 7) is 9.07. The minimum absolute atomic E-state index is 0.298. The number of hydrogen-bond donors (Lipinski definition) is 0. The molecule has 3 heterocycles. The van der Waals surface area contributed by atoms with Crippen molar-refractivity contribution in [1.82, 2.24) is 19.2 Å². The highest BCUT2D eigenvalue weighted by molar-refractivity contribution is 7.91. The van der Waals surface area contributed by atoms with Crippen LogP contribution >= 0.6 is 11.3 Å². The van der Waals surface area contributed by atoms with Crippen LogP contribution in [0.2, 0.25) is 0 Å². The lowest BCUT2D eigenvalue weighted by molar-refractivity contribution is 0.427. The van der Waals surface area contributed by atoms with E-state index in [1.54, 1.807) is 24.6 Å². The van der Waals surface area contributed by atoms with Gasteiger partial charge in [0.25, 0.3) is 10.0 Å². The summed E-state index contributed by atoms with van der Waals surface area (Å²) < 4.78 is 34.7. The zero-order valence-corrected chi connectivity index (χ0v) is 17.8. The first-order valence-electron chi connectivity index (χ1n) is 8.75. The smallest absolute Gasteiger partial charge is 0.252 e. The zero-order chi connectivity index (χ0) is 19.8. The van der Waals surface area contributed by atoms with Crippen LogP contribution in [0, 0.1) is 20.8 Å². The molecule has 3 rings (SSSR count). The number of aryl methyl sites for hydroxylation is 3. The molecule has 0 saturated carbocycles. The van der Waals surface area contributed by atoms with E-state index in [0.29, 0.717) is 22.9 Å². The van der Waals surface area contributed by atoms with Crippen LogP contribution in [-0.2, 0) is 23.0 Å². The molecular weight excluding hydrogens is 384 g/mol. The van der Waals surface area contributed by atoms with Crippen molar-refractivity contribution in [3.8, 4) is 11.3 Å². The molecule has 0 N–H and O–H groups in total. The molecule has 0 saturated heterocycles. The fourth-order valence-electron chi connectivity index (χ4n) is 3.03. The summed E-state index contributed by atoms with van der Waals surface area (Å²) in [5.41, 5.74) is 4.65. The van der Waals surface area contributed by atoms with Crippen molar-refractivity contribution < 1.29 is 12.9 Å². The first-order chi connectivity index (χ1) is 12.7. The average Bonchev–Trinajstić information content (AvgIpc) is 3.33. The lowest BCUT2D eigenvalue weighted by Crippen LogP contribution is -2.28. The van der Waals surface area contributed by atoms with Crippen molar-refractivity contribution in [2.45, 2.75) is 44.9 Å². The Bertz CT molecular complexity index is 1050. The average molecular weight is 409 g/mol. The van der Waals surface area contributed by atoms with Crippen molar-refractivity contribution >= 4 is 21.4 Å². The second-order valence-corrected chi connectivity index (χ2v) is 9.71. The molecule has 146 valence electrons. The Hall–Kier alpha value is -1.97. The molecule has 0 aliphatic carbocycles.